The molecular formula is C12H16N2O. The van der Waals surface area contributed by atoms with Gasteiger partial charge in [-0.3, -0.25) is 9.78 Å². The highest BCUT2D eigenvalue weighted by atomic mass is 16.1. The van der Waals surface area contributed by atoms with Crippen LogP contribution in [-0.2, 0) is 4.79 Å². The molecule has 0 aliphatic carbocycles. The van der Waals surface area contributed by atoms with Gasteiger partial charge in [0.25, 0.3) is 0 Å². The summed E-state index contributed by atoms with van der Waals surface area (Å²) in [5.41, 5.74) is 6.41. The normalized spacial score (nSPS) is 12.6. The number of hydrogen-bond acceptors (Lipinski definition) is 3. The lowest BCUT2D eigenvalue weighted by Gasteiger charge is -2.13. The number of aromatic nitrogens is 1. The van der Waals surface area contributed by atoms with Crippen molar-refractivity contribution in [1.82, 2.24) is 4.98 Å². The molecule has 0 bridgehead atoms. The molecule has 0 aromatic carbocycles. The number of hydrogen-bond donors (Lipinski definition) is 1. The zero-order chi connectivity index (χ0) is 11.5. The van der Waals surface area contributed by atoms with E-state index in [0.29, 0.717) is 11.4 Å². The van der Waals surface area contributed by atoms with Crippen molar-refractivity contribution >= 4 is 11.5 Å². The molecule has 0 unspecified atom stereocenters. The summed E-state index contributed by atoms with van der Waals surface area (Å²) in [6, 6.07) is 5.43. The molecule has 3 heteroatoms. The Morgan fingerprint density at radius 3 is 2.53 bits per heavy atom. The monoisotopic (exact) mass is 204 g/mol. The van der Waals surface area contributed by atoms with Crippen molar-refractivity contribution in [1.29, 1.82) is 0 Å². The maximum Gasteiger partial charge on any atom is 0.163 e. The van der Waals surface area contributed by atoms with E-state index in [1.165, 1.54) is 6.08 Å². The van der Waals surface area contributed by atoms with Crippen LogP contribution in [0.3, 0.4) is 0 Å². The summed E-state index contributed by atoms with van der Waals surface area (Å²) >= 11 is 0. The Hall–Kier alpha value is -1.64. The zero-order valence-corrected chi connectivity index (χ0v) is 9.32. The maximum atomic E-state index is 11.7. The average Bonchev–Trinajstić information content (AvgIpc) is 2.17. The van der Waals surface area contributed by atoms with E-state index in [1.54, 1.807) is 12.3 Å². The van der Waals surface area contributed by atoms with Crippen LogP contribution in [0.1, 0.15) is 26.5 Å². The Morgan fingerprint density at radius 1 is 1.40 bits per heavy atom. The van der Waals surface area contributed by atoms with Crippen LogP contribution in [0.2, 0.25) is 0 Å². The molecule has 0 atom stereocenters. The third kappa shape index (κ3) is 3.20. The van der Waals surface area contributed by atoms with E-state index >= 15 is 0 Å². The highest BCUT2D eigenvalue weighted by molar-refractivity contribution is 5.99. The van der Waals surface area contributed by atoms with E-state index in [1.807, 2.05) is 32.9 Å². The van der Waals surface area contributed by atoms with Gasteiger partial charge in [0.05, 0.1) is 11.4 Å². The number of carbonyl (C=O) groups is 1. The van der Waals surface area contributed by atoms with E-state index in [9.17, 15) is 4.79 Å². The minimum absolute atomic E-state index is 0.00523. The lowest BCUT2D eigenvalue weighted by Crippen LogP contribution is -2.19. The van der Waals surface area contributed by atoms with Gasteiger partial charge in [0, 0.05) is 17.7 Å². The standard InChI is InChI=1S/C12H16N2O/c1-12(2,3)11(15)8-9(13)10-6-4-5-7-14-10/h4-8H,13H2,1-3H3. The molecule has 3 nitrogen and oxygen atoms in total. The molecule has 0 amide bonds. The molecule has 0 aliphatic rings. The first-order valence-electron chi connectivity index (χ1n) is 4.84. The van der Waals surface area contributed by atoms with Gasteiger partial charge in [-0.05, 0) is 12.1 Å². The SMILES string of the molecule is CC(C)(C)C(=O)C=C(N)c1ccccn1. The van der Waals surface area contributed by atoms with E-state index < -0.39 is 5.41 Å². The first-order chi connectivity index (χ1) is 6.91. The lowest BCUT2D eigenvalue weighted by molar-refractivity contribution is -0.121. The topological polar surface area (TPSA) is 56.0 Å². The first-order valence-corrected chi connectivity index (χ1v) is 4.84. The lowest BCUT2D eigenvalue weighted by atomic mass is 9.90. The van der Waals surface area contributed by atoms with Gasteiger partial charge in [-0.15, -0.1) is 0 Å². The Morgan fingerprint density at radius 2 is 2.07 bits per heavy atom. The van der Waals surface area contributed by atoms with Gasteiger partial charge in [0.2, 0.25) is 0 Å². The van der Waals surface area contributed by atoms with Crippen molar-refractivity contribution < 1.29 is 4.79 Å². The van der Waals surface area contributed by atoms with Crippen molar-refractivity contribution in [2.75, 3.05) is 0 Å². The van der Waals surface area contributed by atoms with E-state index in [-0.39, 0.29) is 5.78 Å². The summed E-state index contributed by atoms with van der Waals surface area (Å²) in [6.45, 7) is 5.58. The van der Waals surface area contributed by atoms with Crippen LogP contribution in [0.4, 0.5) is 0 Å². The van der Waals surface area contributed by atoms with Crippen molar-refractivity contribution in [3.05, 3.63) is 36.2 Å². The molecule has 1 aromatic heterocycles. The summed E-state index contributed by atoms with van der Waals surface area (Å²) in [5.74, 6) is 0.00523. The quantitative estimate of drug-likeness (QED) is 0.749. The summed E-state index contributed by atoms with van der Waals surface area (Å²) in [7, 11) is 0. The molecule has 0 saturated carbocycles. The fourth-order valence-electron chi connectivity index (χ4n) is 0.965. The zero-order valence-electron chi connectivity index (χ0n) is 9.32. The molecule has 0 fully saturated rings. The minimum Gasteiger partial charge on any atom is -0.397 e. The van der Waals surface area contributed by atoms with Crippen LogP contribution < -0.4 is 5.73 Å². The Kier molecular flexibility index (Phi) is 3.24. The van der Waals surface area contributed by atoms with Crippen LogP contribution in [0.15, 0.2) is 30.5 Å². The third-order valence-corrected chi connectivity index (χ3v) is 1.99. The molecule has 1 heterocycles. The second kappa shape index (κ2) is 4.26. The fourth-order valence-corrected chi connectivity index (χ4v) is 0.965. The molecule has 0 radical (unpaired) electrons. The van der Waals surface area contributed by atoms with Crippen LogP contribution in [0.25, 0.3) is 5.70 Å². The van der Waals surface area contributed by atoms with Gasteiger partial charge in [0.15, 0.2) is 5.78 Å². The number of allylic oxidation sites excluding steroid dienone is 1. The Labute approximate surface area is 90.0 Å². The first kappa shape index (κ1) is 11.4. The van der Waals surface area contributed by atoms with Crippen molar-refractivity contribution in [3.63, 3.8) is 0 Å². The number of nitrogens with two attached hydrogens (primary N) is 1. The van der Waals surface area contributed by atoms with Gasteiger partial charge >= 0.3 is 0 Å². The number of carbonyl (C=O) groups excluding carboxylic acids is 1. The van der Waals surface area contributed by atoms with E-state index in [0.717, 1.165) is 0 Å². The van der Waals surface area contributed by atoms with Crippen molar-refractivity contribution in [3.8, 4) is 0 Å². The second-order valence-corrected chi connectivity index (χ2v) is 4.43. The number of rotatable bonds is 2. The summed E-state index contributed by atoms with van der Waals surface area (Å²) in [6.07, 6.45) is 3.10. The Bertz CT molecular complexity index is 374. The largest absolute Gasteiger partial charge is 0.397 e. The number of pyridine rings is 1. The molecule has 0 saturated heterocycles. The fraction of sp³-hybridized carbons (Fsp3) is 0.333. The molecule has 2 N–H and O–H groups in total. The van der Waals surface area contributed by atoms with Gasteiger partial charge in [-0.1, -0.05) is 26.8 Å². The molecule has 1 rings (SSSR count). The van der Waals surface area contributed by atoms with Crippen LogP contribution >= 0.6 is 0 Å². The Balaban J connectivity index is 2.91. The molecule has 0 aliphatic heterocycles. The molecule has 15 heavy (non-hydrogen) atoms. The van der Waals surface area contributed by atoms with Crippen LogP contribution in [-0.4, -0.2) is 10.8 Å². The summed E-state index contributed by atoms with van der Waals surface area (Å²) in [5, 5.41) is 0. The van der Waals surface area contributed by atoms with Gasteiger partial charge in [0.1, 0.15) is 0 Å². The summed E-state index contributed by atoms with van der Waals surface area (Å²) in [4.78, 5) is 15.7. The maximum absolute atomic E-state index is 11.7. The van der Waals surface area contributed by atoms with Gasteiger partial charge in [-0.2, -0.15) is 0 Å². The van der Waals surface area contributed by atoms with Crippen molar-refractivity contribution in [2.45, 2.75) is 20.8 Å². The predicted molar refractivity (Wildman–Crippen MR) is 60.9 cm³/mol. The number of nitrogens with zero attached hydrogens (tertiary/aromatic N) is 1. The predicted octanol–water partition coefficient (Wildman–Crippen LogP) is 2.00. The van der Waals surface area contributed by atoms with E-state index in [2.05, 4.69) is 4.98 Å². The van der Waals surface area contributed by atoms with Gasteiger partial charge < -0.3 is 5.73 Å². The van der Waals surface area contributed by atoms with Gasteiger partial charge in [-0.25, -0.2) is 0 Å². The molecule has 80 valence electrons. The third-order valence-electron chi connectivity index (χ3n) is 1.99. The minimum atomic E-state index is -0.403. The molecular weight excluding hydrogens is 188 g/mol. The summed E-state index contributed by atoms with van der Waals surface area (Å²) < 4.78 is 0. The molecule has 0 spiro atoms. The van der Waals surface area contributed by atoms with E-state index in [4.69, 9.17) is 5.73 Å². The highest BCUT2D eigenvalue weighted by Gasteiger charge is 2.19. The molecule has 1 aromatic rings. The smallest absolute Gasteiger partial charge is 0.163 e. The van der Waals surface area contributed by atoms with Crippen molar-refractivity contribution in [2.24, 2.45) is 11.1 Å². The van der Waals surface area contributed by atoms with Crippen LogP contribution in [0.5, 0.6) is 0 Å². The highest BCUT2D eigenvalue weighted by Crippen LogP contribution is 2.17. The average molecular weight is 204 g/mol. The number of ketones is 1. The second-order valence-electron chi connectivity index (χ2n) is 4.43. The van der Waals surface area contributed by atoms with Crippen LogP contribution in [0, 0.1) is 5.41 Å².